The van der Waals surface area contributed by atoms with Crippen molar-refractivity contribution in [2.75, 3.05) is 24.5 Å². The van der Waals surface area contributed by atoms with Crippen molar-refractivity contribution in [1.82, 2.24) is 5.32 Å². The molecule has 1 aliphatic carbocycles. The lowest BCUT2D eigenvalue weighted by atomic mass is 9.96. The van der Waals surface area contributed by atoms with Crippen LogP contribution in [0.1, 0.15) is 44.6 Å². The van der Waals surface area contributed by atoms with E-state index >= 15 is 0 Å². The highest BCUT2D eigenvalue weighted by Gasteiger charge is 2.36. The van der Waals surface area contributed by atoms with Crippen molar-refractivity contribution in [3.8, 4) is 0 Å². The monoisotopic (exact) mass is 336 g/mol. The number of anilines is 1. The summed E-state index contributed by atoms with van der Waals surface area (Å²) in [5, 5.41) is 3.85. The Balaban J connectivity index is 1.88. The number of nitrogens with one attached hydrogen (secondary N) is 1. The maximum absolute atomic E-state index is 3.85. The van der Waals surface area contributed by atoms with Crippen LogP contribution in [0.4, 0.5) is 5.69 Å². The maximum Gasteiger partial charge on any atom is 0.0400 e. The smallest absolute Gasteiger partial charge is 0.0400 e. The number of aryl methyl sites for hydroxylation is 1. The van der Waals surface area contributed by atoms with Crippen LogP contribution in [0.3, 0.4) is 0 Å². The zero-order valence-corrected chi connectivity index (χ0v) is 14.0. The molecule has 1 spiro atoms. The van der Waals surface area contributed by atoms with Crippen LogP contribution in [0.2, 0.25) is 0 Å². The highest BCUT2D eigenvalue weighted by Crippen LogP contribution is 2.34. The molecule has 0 bridgehead atoms. The minimum atomic E-state index is 0.384. The van der Waals surface area contributed by atoms with E-state index in [0.29, 0.717) is 5.54 Å². The van der Waals surface area contributed by atoms with Crippen molar-refractivity contribution in [3.05, 3.63) is 28.2 Å². The Kier molecular flexibility index (Phi) is 4.37. The third kappa shape index (κ3) is 2.89. The summed E-state index contributed by atoms with van der Waals surface area (Å²) in [5.41, 5.74) is 3.30. The summed E-state index contributed by atoms with van der Waals surface area (Å²) in [4.78, 5) is 2.64. The zero-order chi connectivity index (χ0) is 14.0. The van der Waals surface area contributed by atoms with Gasteiger partial charge >= 0.3 is 0 Å². The summed E-state index contributed by atoms with van der Waals surface area (Å²) < 4.78 is 1.20. The van der Waals surface area contributed by atoms with E-state index in [1.807, 2.05) is 0 Å². The van der Waals surface area contributed by atoms with Crippen molar-refractivity contribution in [3.63, 3.8) is 0 Å². The molecule has 0 radical (unpaired) electrons. The Morgan fingerprint density at radius 1 is 1.25 bits per heavy atom. The molecule has 2 aliphatic rings. The summed E-state index contributed by atoms with van der Waals surface area (Å²) in [5.74, 6) is 0. The van der Waals surface area contributed by atoms with Gasteiger partial charge in [0.25, 0.3) is 0 Å². The molecule has 1 N–H and O–H groups in total. The third-order valence-electron chi connectivity index (χ3n) is 4.92. The fourth-order valence-corrected chi connectivity index (χ4v) is 4.27. The molecule has 1 heterocycles. The highest BCUT2D eigenvalue weighted by atomic mass is 79.9. The standard InChI is InChI=1S/C17H25BrN2/c1-2-14-12-15(18)6-7-16(14)20-11-5-10-19-17(13-20)8-3-4-9-17/h6-7,12,19H,2-5,8-11,13H2,1H3. The second kappa shape index (κ2) is 6.07. The fourth-order valence-electron chi connectivity index (χ4n) is 3.86. The van der Waals surface area contributed by atoms with E-state index in [9.17, 15) is 0 Å². The molecule has 0 aromatic heterocycles. The molecule has 1 aromatic carbocycles. The largest absolute Gasteiger partial charge is 0.369 e. The SMILES string of the molecule is CCc1cc(Br)ccc1N1CCCNC2(CCCC2)C1. The molecule has 0 atom stereocenters. The third-order valence-corrected chi connectivity index (χ3v) is 5.42. The number of nitrogens with zero attached hydrogens (tertiary/aromatic N) is 1. The number of hydrogen-bond donors (Lipinski definition) is 1. The lowest BCUT2D eigenvalue weighted by molar-refractivity contribution is 0.354. The fraction of sp³-hybridized carbons (Fsp3) is 0.647. The van der Waals surface area contributed by atoms with Crippen molar-refractivity contribution in [1.29, 1.82) is 0 Å². The molecule has 0 amide bonds. The molecular weight excluding hydrogens is 312 g/mol. The van der Waals surface area contributed by atoms with E-state index in [1.54, 1.807) is 0 Å². The molecule has 1 saturated heterocycles. The van der Waals surface area contributed by atoms with Crippen LogP contribution >= 0.6 is 15.9 Å². The van der Waals surface area contributed by atoms with Gasteiger partial charge in [0.15, 0.2) is 0 Å². The van der Waals surface area contributed by atoms with Crippen molar-refractivity contribution < 1.29 is 0 Å². The van der Waals surface area contributed by atoms with Gasteiger partial charge in [0.1, 0.15) is 0 Å². The summed E-state index contributed by atoms with van der Waals surface area (Å²) in [7, 11) is 0. The predicted molar refractivity (Wildman–Crippen MR) is 89.6 cm³/mol. The summed E-state index contributed by atoms with van der Waals surface area (Å²) >= 11 is 3.61. The second-order valence-corrected chi connectivity index (χ2v) is 7.23. The zero-order valence-electron chi connectivity index (χ0n) is 12.4. The van der Waals surface area contributed by atoms with E-state index in [-0.39, 0.29) is 0 Å². The van der Waals surface area contributed by atoms with Crippen LogP contribution in [0, 0.1) is 0 Å². The maximum atomic E-state index is 3.85. The average molecular weight is 337 g/mol. The minimum absolute atomic E-state index is 0.384. The number of rotatable bonds is 2. The highest BCUT2D eigenvalue weighted by molar-refractivity contribution is 9.10. The predicted octanol–water partition coefficient (Wildman–Crippen LogP) is 4.12. The van der Waals surface area contributed by atoms with Gasteiger partial charge in [-0.15, -0.1) is 0 Å². The first-order chi connectivity index (χ1) is 9.72. The molecule has 110 valence electrons. The second-order valence-electron chi connectivity index (χ2n) is 6.32. The van der Waals surface area contributed by atoms with E-state index in [0.717, 1.165) is 6.42 Å². The summed E-state index contributed by atoms with van der Waals surface area (Å²) in [6, 6.07) is 6.78. The van der Waals surface area contributed by atoms with Gasteiger partial charge in [0.05, 0.1) is 0 Å². The first-order valence-electron chi connectivity index (χ1n) is 8.01. The minimum Gasteiger partial charge on any atom is -0.369 e. The van der Waals surface area contributed by atoms with Crippen LogP contribution in [0.15, 0.2) is 22.7 Å². The van der Waals surface area contributed by atoms with Crippen LogP contribution in [-0.2, 0) is 6.42 Å². The van der Waals surface area contributed by atoms with Gasteiger partial charge in [-0.1, -0.05) is 35.7 Å². The lowest BCUT2D eigenvalue weighted by Crippen LogP contribution is -2.49. The quantitative estimate of drug-likeness (QED) is 0.873. The Hall–Kier alpha value is -0.540. The van der Waals surface area contributed by atoms with Gasteiger partial charge in [0.2, 0.25) is 0 Å². The number of benzene rings is 1. The van der Waals surface area contributed by atoms with Crippen LogP contribution < -0.4 is 10.2 Å². The lowest BCUT2D eigenvalue weighted by Gasteiger charge is -2.35. The summed E-state index contributed by atoms with van der Waals surface area (Å²) in [6.07, 6.45) is 7.83. The van der Waals surface area contributed by atoms with Crippen LogP contribution in [-0.4, -0.2) is 25.2 Å². The molecule has 3 rings (SSSR count). The van der Waals surface area contributed by atoms with Gasteiger partial charge in [-0.2, -0.15) is 0 Å². The first-order valence-corrected chi connectivity index (χ1v) is 8.80. The normalized spacial score (nSPS) is 22.2. The van der Waals surface area contributed by atoms with Gasteiger partial charge in [0, 0.05) is 28.8 Å². The van der Waals surface area contributed by atoms with Gasteiger partial charge in [-0.25, -0.2) is 0 Å². The van der Waals surface area contributed by atoms with E-state index in [1.165, 1.54) is 67.5 Å². The molecule has 1 aliphatic heterocycles. The molecule has 3 heteroatoms. The molecule has 2 nitrogen and oxygen atoms in total. The van der Waals surface area contributed by atoms with Crippen molar-refractivity contribution in [2.45, 2.75) is 51.0 Å². The topological polar surface area (TPSA) is 15.3 Å². The van der Waals surface area contributed by atoms with Crippen LogP contribution in [0.5, 0.6) is 0 Å². The average Bonchev–Trinajstić information content (AvgIpc) is 2.80. The van der Waals surface area contributed by atoms with E-state index in [4.69, 9.17) is 0 Å². The molecular formula is C17H25BrN2. The first kappa shape index (κ1) is 14.4. The van der Waals surface area contributed by atoms with Gasteiger partial charge < -0.3 is 10.2 Å². The summed E-state index contributed by atoms with van der Waals surface area (Å²) in [6.45, 7) is 5.80. The van der Waals surface area contributed by atoms with Crippen LogP contribution in [0.25, 0.3) is 0 Å². The molecule has 1 aromatic rings. The van der Waals surface area contributed by atoms with Gasteiger partial charge in [-0.05, 0) is 56.0 Å². The Bertz CT molecular complexity index is 466. The van der Waals surface area contributed by atoms with E-state index in [2.05, 4.69) is 51.3 Å². The number of halogens is 1. The molecule has 0 unspecified atom stereocenters. The van der Waals surface area contributed by atoms with Crippen molar-refractivity contribution in [2.24, 2.45) is 0 Å². The van der Waals surface area contributed by atoms with Crippen molar-refractivity contribution >= 4 is 21.6 Å². The molecule has 2 fully saturated rings. The number of hydrogen-bond acceptors (Lipinski definition) is 2. The molecule has 20 heavy (non-hydrogen) atoms. The Labute approximate surface area is 131 Å². The van der Waals surface area contributed by atoms with E-state index < -0.39 is 0 Å². The Morgan fingerprint density at radius 3 is 2.80 bits per heavy atom. The Morgan fingerprint density at radius 2 is 2.05 bits per heavy atom. The van der Waals surface area contributed by atoms with Gasteiger partial charge in [-0.3, -0.25) is 0 Å². The molecule has 1 saturated carbocycles.